The predicted molar refractivity (Wildman–Crippen MR) is 86.7 cm³/mol. The highest BCUT2D eigenvalue weighted by atomic mass is 35.5. The molecule has 0 bridgehead atoms. The molecule has 0 radical (unpaired) electrons. The maximum absolute atomic E-state index is 14.0. The van der Waals surface area contributed by atoms with Crippen LogP contribution in [0.25, 0.3) is 11.3 Å². The molecular weight excluding hydrogens is 347 g/mol. The van der Waals surface area contributed by atoms with Crippen LogP contribution in [0.15, 0.2) is 41.9 Å². The van der Waals surface area contributed by atoms with Crippen LogP contribution >= 0.6 is 34.5 Å². The Bertz CT molecular complexity index is 813. The number of hydrogen-bond acceptors (Lipinski definition) is 2. The maximum atomic E-state index is 14.0. The van der Waals surface area contributed by atoms with Gasteiger partial charge in [-0.2, -0.15) is 0 Å². The summed E-state index contributed by atoms with van der Waals surface area (Å²) in [6, 6.07) is 8.72. The first-order valence-electron chi connectivity index (χ1n) is 6.37. The summed E-state index contributed by atoms with van der Waals surface area (Å²) in [7, 11) is 0. The van der Waals surface area contributed by atoms with Gasteiger partial charge in [-0.15, -0.1) is 11.3 Å². The highest BCUT2D eigenvalue weighted by Crippen LogP contribution is 2.33. The number of benzene rings is 2. The van der Waals surface area contributed by atoms with Gasteiger partial charge in [0.05, 0.1) is 11.2 Å². The first-order chi connectivity index (χ1) is 10.6. The molecule has 0 aliphatic carbocycles. The van der Waals surface area contributed by atoms with E-state index in [4.69, 9.17) is 23.2 Å². The summed E-state index contributed by atoms with van der Waals surface area (Å²) in [6.45, 7) is 0. The maximum Gasteiger partial charge on any atom is 0.135 e. The fourth-order valence-electron chi connectivity index (χ4n) is 2.16. The molecule has 0 saturated heterocycles. The minimum atomic E-state index is -0.641. The standard InChI is InChI=1S/C16H9Cl2F2NS/c17-12-2-1-3-13(18)11(12)7-15-16(21-8-22-15)10-5-4-9(19)6-14(10)20/h1-6,8H,7H2. The monoisotopic (exact) mass is 355 g/mol. The Hall–Kier alpha value is -1.49. The smallest absolute Gasteiger partial charge is 0.135 e. The lowest BCUT2D eigenvalue weighted by molar-refractivity contribution is 0.585. The number of rotatable bonds is 3. The van der Waals surface area contributed by atoms with Crippen LogP contribution < -0.4 is 0 Å². The SMILES string of the molecule is Fc1ccc(-c2ncsc2Cc2c(Cl)cccc2Cl)c(F)c1. The van der Waals surface area contributed by atoms with Crippen LogP contribution in [-0.2, 0) is 6.42 Å². The summed E-state index contributed by atoms with van der Waals surface area (Å²) < 4.78 is 27.0. The molecule has 2 aromatic carbocycles. The molecule has 3 aromatic rings. The topological polar surface area (TPSA) is 12.9 Å². The fourth-order valence-corrected chi connectivity index (χ4v) is 3.48. The first kappa shape index (κ1) is 15.4. The Kier molecular flexibility index (Phi) is 4.43. The van der Waals surface area contributed by atoms with Crippen molar-refractivity contribution < 1.29 is 8.78 Å². The van der Waals surface area contributed by atoms with E-state index in [1.54, 1.807) is 23.7 Å². The average molecular weight is 356 g/mol. The molecule has 1 nitrogen and oxygen atoms in total. The van der Waals surface area contributed by atoms with E-state index in [1.807, 2.05) is 0 Å². The molecule has 1 heterocycles. The van der Waals surface area contributed by atoms with Crippen LogP contribution in [0.4, 0.5) is 8.78 Å². The Morgan fingerprint density at radius 3 is 2.45 bits per heavy atom. The van der Waals surface area contributed by atoms with Crippen molar-refractivity contribution in [1.29, 1.82) is 0 Å². The van der Waals surface area contributed by atoms with Gasteiger partial charge >= 0.3 is 0 Å². The molecular formula is C16H9Cl2F2NS. The third-order valence-electron chi connectivity index (χ3n) is 3.23. The second kappa shape index (κ2) is 6.32. The number of hydrogen-bond donors (Lipinski definition) is 0. The van der Waals surface area contributed by atoms with E-state index in [2.05, 4.69) is 4.98 Å². The zero-order chi connectivity index (χ0) is 15.7. The van der Waals surface area contributed by atoms with E-state index < -0.39 is 11.6 Å². The van der Waals surface area contributed by atoms with Crippen molar-refractivity contribution in [2.45, 2.75) is 6.42 Å². The lowest BCUT2D eigenvalue weighted by Crippen LogP contribution is -1.94. The van der Waals surface area contributed by atoms with Gasteiger partial charge in [0.15, 0.2) is 0 Å². The van der Waals surface area contributed by atoms with Gasteiger partial charge in [0, 0.05) is 33.0 Å². The summed E-state index contributed by atoms with van der Waals surface area (Å²) in [5.74, 6) is -1.26. The molecule has 0 atom stereocenters. The minimum absolute atomic E-state index is 0.265. The van der Waals surface area contributed by atoms with Crippen molar-refractivity contribution >= 4 is 34.5 Å². The molecule has 3 rings (SSSR count). The van der Waals surface area contributed by atoms with Crippen LogP contribution in [-0.4, -0.2) is 4.98 Å². The van der Waals surface area contributed by atoms with Gasteiger partial charge in [0.25, 0.3) is 0 Å². The van der Waals surface area contributed by atoms with Crippen molar-refractivity contribution in [3.63, 3.8) is 0 Å². The summed E-state index contributed by atoms with van der Waals surface area (Å²) >= 11 is 13.7. The first-order valence-corrected chi connectivity index (χ1v) is 8.00. The highest BCUT2D eigenvalue weighted by Gasteiger charge is 2.16. The second-order valence-electron chi connectivity index (χ2n) is 4.63. The largest absolute Gasteiger partial charge is 0.244 e. The van der Waals surface area contributed by atoms with Crippen molar-refractivity contribution in [1.82, 2.24) is 4.98 Å². The highest BCUT2D eigenvalue weighted by molar-refractivity contribution is 7.10. The Morgan fingerprint density at radius 1 is 1.05 bits per heavy atom. The van der Waals surface area contributed by atoms with Crippen LogP contribution in [0, 0.1) is 11.6 Å². The molecule has 0 aliphatic heterocycles. The van der Waals surface area contributed by atoms with Gasteiger partial charge in [-0.25, -0.2) is 13.8 Å². The molecule has 0 spiro atoms. The van der Waals surface area contributed by atoms with Crippen molar-refractivity contribution in [3.8, 4) is 11.3 Å². The van der Waals surface area contributed by atoms with Crippen LogP contribution in [0.3, 0.4) is 0 Å². The molecule has 22 heavy (non-hydrogen) atoms. The van der Waals surface area contributed by atoms with Gasteiger partial charge in [0.2, 0.25) is 0 Å². The Morgan fingerprint density at radius 2 is 1.77 bits per heavy atom. The van der Waals surface area contributed by atoms with Crippen molar-refractivity contribution in [2.24, 2.45) is 0 Å². The van der Waals surface area contributed by atoms with E-state index in [9.17, 15) is 8.78 Å². The summed E-state index contributed by atoms with van der Waals surface area (Å²) in [6.07, 6.45) is 0.440. The molecule has 1 aromatic heterocycles. The average Bonchev–Trinajstić information content (AvgIpc) is 2.91. The molecule has 0 fully saturated rings. The summed E-state index contributed by atoms with van der Waals surface area (Å²) in [5, 5.41) is 1.10. The zero-order valence-electron chi connectivity index (χ0n) is 11.1. The molecule has 0 amide bonds. The van der Waals surface area contributed by atoms with Crippen molar-refractivity contribution in [2.75, 3.05) is 0 Å². The van der Waals surface area contributed by atoms with Gasteiger partial charge in [-0.05, 0) is 29.8 Å². The number of nitrogens with zero attached hydrogens (tertiary/aromatic N) is 1. The number of halogens is 4. The molecule has 0 aliphatic rings. The van der Waals surface area contributed by atoms with Gasteiger partial charge < -0.3 is 0 Å². The number of aromatic nitrogens is 1. The van der Waals surface area contributed by atoms with E-state index in [-0.39, 0.29) is 5.56 Å². The van der Waals surface area contributed by atoms with E-state index in [1.165, 1.54) is 23.5 Å². The van der Waals surface area contributed by atoms with Crippen LogP contribution in [0.1, 0.15) is 10.4 Å². The van der Waals surface area contributed by atoms with E-state index in [0.29, 0.717) is 22.2 Å². The van der Waals surface area contributed by atoms with Gasteiger partial charge in [-0.1, -0.05) is 29.3 Å². The van der Waals surface area contributed by atoms with E-state index >= 15 is 0 Å². The third kappa shape index (κ3) is 3.00. The molecule has 0 saturated carbocycles. The Labute approximate surface area is 140 Å². The van der Waals surface area contributed by atoms with E-state index in [0.717, 1.165) is 16.5 Å². The molecule has 0 unspecified atom stereocenters. The second-order valence-corrected chi connectivity index (χ2v) is 6.38. The third-order valence-corrected chi connectivity index (χ3v) is 4.77. The van der Waals surface area contributed by atoms with Gasteiger partial charge in [-0.3, -0.25) is 0 Å². The van der Waals surface area contributed by atoms with Crippen molar-refractivity contribution in [3.05, 3.63) is 74.0 Å². The quantitative estimate of drug-likeness (QED) is 0.562. The zero-order valence-corrected chi connectivity index (χ0v) is 13.4. The Balaban J connectivity index is 2.03. The predicted octanol–water partition coefficient (Wildman–Crippen LogP) is 5.99. The number of thiazole rings is 1. The van der Waals surface area contributed by atoms with Crippen LogP contribution in [0.2, 0.25) is 10.0 Å². The molecule has 0 N–H and O–H groups in total. The molecule has 112 valence electrons. The lowest BCUT2D eigenvalue weighted by atomic mass is 10.1. The van der Waals surface area contributed by atoms with Gasteiger partial charge in [0.1, 0.15) is 11.6 Å². The fraction of sp³-hybridized carbons (Fsp3) is 0.0625. The molecule has 6 heteroatoms. The minimum Gasteiger partial charge on any atom is -0.244 e. The lowest BCUT2D eigenvalue weighted by Gasteiger charge is -2.08. The summed E-state index contributed by atoms with van der Waals surface area (Å²) in [4.78, 5) is 5.02. The normalized spacial score (nSPS) is 10.9. The summed E-state index contributed by atoms with van der Waals surface area (Å²) in [5.41, 5.74) is 3.14. The van der Waals surface area contributed by atoms with Crippen LogP contribution in [0.5, 0.6) is 0 Å².